The maximum Gasteiger partial charge on any atom is 2.00 e. The largest absolute Gasteiger partial charge is 2.00 e. The Morgan fingerprint density at radius 1 is 0.759 bits per heavy atom. The molecule has 4 rings (SSSR count). The Labute approximate surface area is 184 Å². The monoisotopic (exact) mass is 444 g/mol. The first kappa shape index (κ1) is 22.9. The maximum absolute atomic E-state index is 11.5. The minimum Gasteiger partial charge on any atom is -0.872 e. The number of hydrogen-bond acceptors (Lipinski definition) is 6. The Morgan fingerprint density at radius 3 is 1.41 bits per heavy atom. The molecule has 0 saturated heterocycles. The minimum absolute atomic E-state index is 0. The standard InChI is InChI=1S/2C11H13NO2.Zn/c2*1-14-10-5-2-8(11(13)6-10)7-12-9-3-4-9;/h2*2,5-7,9,13H,3-4H2,1H3;/q;;+2/p-2. The summed E-state index contributed by atoms with van der Waals surface area (Å²) < 4.78 is 9.89. The molecule has 2 aliphatic rings. The summed E-state index contributed by atoms with van der Waals surface area (Å²) in [5, 5.41) is 22.9. The first-order valence-electron chi connectivity index (χ1n) is 9.35. The van der Waals surface area contributed by atoms with Crippen molar-refractivity contribution in [3.63, 3.8) is 0 Å². The fourth-order valence-corrected chi connectivity index (χ4v) is 2.32. The summed E-state index contributed by atoms with van der Waals surface area (Å²) in [5.41, 5.74) is 1.27. The van der Waals surface area contributed by atoms with Crippen molar-refractivity contribution in [3.05, 3.63) is 47.5 Å². The molecule has 0 radical (unpaired) electrons. The number of rotatable bonds is 6. The number of ether oxygens (including phenoxy) is 2. The van der Waals surface area contributed by atoms with Crippen LogP contribution < -0.4 is 19.7 Å². The van der Waals surface area contributed by atoms with E-state index in [4.69, 9.17) is 9.47 Å². The Balaban J connectivity index is 0.000000200. The second kappa shape index (κ2) is 11.0. The van der Waals surface area contributed by atoms with E-state index in [-0.39, 0.29) is 31.0 Å². The van der Waals surface area contributed by atoms with Gasteiger partial charge in [-0.3, -0.25) is 9.98 Å². The minimum atomic E-state index is -0.0336. The third kappa shape index (κ3) is 7.50. The summed E-state index contributed by atoms with van der Waals surface area (Å²) in [6.45, 7) is 0. The normalized spacial score (nSPS) is 15.5. The Hall–Kier alpha value is -2.40. The van der Waals surface area contributed by atoms with E-state index in [2.05, 4.69) is 9.98 Å². The van der Waals surface area contributed by atoms with Gasteiger partial charge in [-0.15, -0.1) is 0 Å². The van der Waals surface area contributed by atoms with Crippen molar-refractivity contribution in [1.29, 1.82) is 0 Å². The van der Waals surface area contributed by atoms with Gasteiger partial charge in [-0.05, 0) is 61.1 Å². The molecule has 2 fully saturated rings. The van der Waals surface area contributed by atoms with Gasteiger partial charge in [0.1, 0.15) is 11.5 Å². The molecular formula is C22H24N2O4Zn. The summed E-state index contributed by atoms with van der Waals surface area (Å²) in [7, 11) is 3.10. The van der Waals surface area contributed by atoms with Crippen molar-refractivity contribution in [2.45, 2.75) is 37.8 Å². The van der Waals surface area contributed by atoms with Crippen molar-refractivity contribution in [3.8, 4) is 23.0 Å². The van der Waals surface area contributed by atoms with Crippen molar-refractivity contribution in [1.82, 2.24) is 0 Å². The molecule has 148 valence electrons. The summed E-state index contributed by atoms with van der Waals surface area (Å²) in [6.07, 6.45) is 7.95. The van der Waals surface area contributed by atoms with Gasteiger partial charge in [-0.2, -0.15) is 0 Å². The van der Waals surface area contributed by atoms with Crippen molar-refractivity contribution in [2.24, 2.45) is 9.98 Å². The van der Waals surface area contributed by atoms with E-state index in [9.17, 15) is 10.2 Å². The Bertz CT molecular complexity index is 790. The molecule has 29 heavy (non-hydrogen) atoms. The average molecular weight is 446 g/mol. The van der Waals surface area contributed by atoms with Crippen LogP contribution in [-0.4, -0.2) is 38.7 Å². The van der Waals surface area contributed by atoms with Crippen LogP contribution in [0.5, 0.6) is 23.0 Å². The van der Waals surface area contributed by atoms with Crippen molar-refractivity contribution in [2.75, 3.05) is 14.2 Å². The van der Waals surface area contributed by atoms with Gasteiger partial charge in [0, 0.05) is 12.4 Å². The van der Waals surface area contributed by atoms with Gasteiger partial charge in [0.05, 0.1) is 26.3 Å². The van der Waals surface area contributed by atoms with Crippen LogP contribution in [0.2, 0.25) is 0 Å². The molecule has 2 aromatic carbocycles. The number of aliphatic imine (C=N–C) groups is 2. The molecule has 0 atom stereocenters. The van der Waals surface area contributed by atoms with E-state index in [1.54, 1.807) is 50.9 Å². The molecule has 0 N–H and O–H groups in total. The first-order valence-corrected chi connectivity index (χ1v) is 9.35. The van der Waals surface area contributed by atoms with Crippen LogP contribution in [0.3, 0.4) is 0 Å². The van der Waals surface area contributed by atoms with Gasteiger partial charge in [-0.1, -0.05) is 23.6 Å². The molecule has 0 spiro atoms. The second-order valence-corrected chi connectivity index (χ2v) is 6.83. The van der Waals surface area contributed by atoms with Crippen molar-refractivity contribution >= 4 is 12.4 Å². The molecule has 6 nitrogen and oxygen atoms in total. The van der Waals surface area contributed by atoms with Crippen molar-refractivity contribution < 1.29 is 39.2 Å². The van der Waals surface area contributed by atoms with Crippen LogP contribution >= 0.6 is 0 Å². The number of hydrogen-bond donors (Lipinski definition) is 0. The molecule has 0 aliphatic heterocycles. The van der Waals surface area contributed by atoms with Crippen LogP contribution in [0.15, 0.2) is 46.4 Å². The molecule has 0 unspecified atom stereocenters. The van der Waals surface area contributed by atoms with Gasteiger partial charge < -0.3 is 19.7 Å². The zero-order valence-corrected chi connectivity index (χ0v) is 19.8. The third-order valence-electron chi connectivity index (χ3n) is 4.38. The molecule has 0 heterocycles. The molecule has 2 aromatic rings. The number of methoxy groups -OCH3 is 2. The topological polar surface area (TPSA) is 89.3 Å². The van der Waals surface area contributed by atoms with E-state index < -0.39 is 0 Å². The fraction of sp³-hybridized carbons (Fsp3) is 0.364. The maximum atomic E-state index is 11.5. The fourth-order valence-electron chi connectivity index (χ4n) is 2.32. The Morgan fingerprint density at radius 2 is 1.14 bits per heavy atom. The van der Waals surface area contributed by atoms with Gasteiger partial charge in [0.15, 0.2) is 0 Å². The molecule has 2 saturated carbocycles. The predicted molar refractivity (Wildman–Crippen MR) is 106 cm³/mol. The summed E-state index contributed by atoms with van der Waals surface area (Å²) in [5.74, 6) is 1.12. The quantitative estimate of drug-likeness (QED) is 0.505. The summed E-state index contributed by atoms with van der Waals surface area (Å²) >= 11 is 0. The summed E-state index contributed by atoms with van der Waals surface area (Å²) in [6, 6.07) is 10.9. The molecule has 0 amide bonds. The summed E-state index contributed by atoms with van der Waals surface area (Å²) in [4.78, 5) is 8.51. The zero-order valence-electron chi connectivity index (χ0n) is 16.8. The van der Waals surface area contributed by atoms with E-state index in [1.165, 1.54) is 12.1 Å². The van der Waals surface area contributed by atoms with Crippen LogP contribution in [0.1, 0.15) is 36.8 Å². The molecule has 2 aliphatic carbocycles. The van der Waals surface area contributed by atoms with Gasteiger partial charge >= 0.3 is 19.5 Å². The van der Waals surface area contributed by atoms with Crippen LogP contribution in [0, 0.1) is 0 Å². The molecule has 7 heteroatoms. The smallest absolute Gasteiger partial charge is 0.872 e. The molecule has 0 aromatic heterocycles. The van der Waals surface area contributed by atoms with E-state index in [0.29, 0.717) is 34.7 Å². The number of nitrogens with zero attached hydrogens (tertiary/aromatic N) is 2. The zero-order chi connectivity index (χ0) is 19.9. The second-order valence-electron chi connectivity index (χ2n) is 6.83. The van der Waals surface area contributed by atoms with Gasteiger partial charge in [-0.25, -0.2) is 0 Å². The van der Waals surface area contributed by atoms with Crippen LogP contribution in [0.25, 0.3) is 0 Å². The molecule has 0 bridgehead atoms. The molecular weight excluding hydrogens is 422 g/mol. The van der Waals surface area contributed by atoms with E-state index in [0.717, 1.165) is 25.7 Å². The third-order valence-corrected chi connectivity index (χ3v) is 4.38. The number of benzene rings is 2. The first-order chi connectivity index (χ1) is 13.6. The van der Waals surface area contributed by atoms with Crippen LogP contribution in [-0.2, 0) is 19.5 Å². The average Bonchev–Trinajstić information content (AvgIpc) is 3.61. The van der Waals surface area contributed by atoms with Gasteiger partial charge in [0.2, 0.25) is 0 Å². The predicted octanol–water partition coefficient (Wildman–Crippen LogP) is 2.70. The Kier molecular flexibility index (Phi) is 8.65. The van der Waals surface area contributed by atoms with Gasteiger partial charge in [0.25, 0.3) is 0 Å². The van der Waals surface area contributed by atoms with E-state index in [1.807, 2.05) is 0 Å². The van der Waals surface area contributed by atoms with Crippen LogP contribution in [0.4, 0.5) is 0 Å². The SMILES string of the molecule is COc1ccc(C=NC2CC2)c([O-])c1.COc1ccc(C=NC2CC2)c([O-])c1.[Zn+2]. The van der Waals surface area contributed by atoms with E-state index >= 15 is 0 Å².